The second-order valence-corrected chi connectivity index (χ2v) is 7.43. The number of rotatable bonds is 3. The lowest BCUT2D eigenvalue weighted by Gasteiger charge is -2.12. The van der Waals surface area contributed by atoms with Crippen LogP contribution in [-0.2, 0) is 11.8 Å². The molecule has 0 radical (unpaired) electrons. The standard InChI is InChI=1S/C14H16N4O3S2/c1-7-8(2)23-11-10(7)12(20)17(3)14(16-11)22-6-9(19)18-5-4-15-13(18)21/h4-6H2,1-3H3,(H,15,21). The number of hydrogen-bond acceptors (Lipinski definition) is 6. The van der Waals surface area contributed by atoms with Gasteiger partial charge < -0.3 is 5.32 Å². The molecule has 1 aliphatic heterocycles. The molecule has 0 unspecified atom stereocenters. The van der Waals surface area contributed by atoms with Crippen molar-refractivity contribution in [2.24, 2.45) is 7.05 Å². The summed E-state index contributed by atoms with van der Waals surface area (Å²) in [5.41, 5.74) is 0.852. The second-order valence-electron chi connectivity index (χ2n) is 5.29. The molecule has 0 bridgehead atoms. The van der Waals surface area contributed by atoms with Crippen molar-refractivity contribution < 1.29 is 9.59 Å². The molecule has 2 aromatic rings. The Labute approximate surface area is 140 Å². The fraction of sp³-hybridized carbons (Fsp3) is 0.429. The van der Waals surface area contributed by atoms with Crippen LogP contribution in [-0.4, -0.2) is 45.2 Å². The van der Waals surface area contributed by atoms with E-state index < -0.39 is 0 Å². The van der Waals surface area contributed by atoms with Gasteiger partial charge in [-0.1, -0.05) is 11.8 Å². The number of nitrogens with zero attached hydrogens (tertiary/aromatic N) is 3. The topological polar surface area (TPSA) is 84.3 Å². The third-order valence-electron chi connectivity index (χ3n) is 3.85. The van der Waals surface area contributed by atoms with E-state index in [0.717, 1.165) is 10.4 Å². The summed E-state index contributed by atoms with van der Waals surface area (Å²) in [4.78, 5) is 43.5. The van der Waals surface area contributed by atoms with Gasteiger partial charge in [0.25, 0.3) is 5.56 Å². The maximum absolute atomic E-state index is 12.5. The number of fused-ring (bicyclic) bond motifs is 1. The van der Waals surface area contributed by atoms with Crippen molar-refractivity contribution >= 4 is 45.3 Å². The fourth-order valence-corrected chi connectivity index (χ4v) is 4.32. The molecule has 0 aromatic carbocycles. The normalized spacial score (nSPS) is 14.6. The fourth-order valence-electron chi connectivity index (χ4n) is 2.40. The number of aromatic nitrogens is 2. The average molecular weight is 352 g/mol. The maximum Gasteiger partial charge on any atom is 0.324 e. The van der Waals surface area contributed by atoms with Crippen LogP contribution in [0, 0.1) is 13.8 Å². The lowest BCUT2D eigenvalue weighted by atomic mass is 10.2. The predicted octanol–water partition coefficient (Wildman–Crippen LogP) is 1.26. The molecule has 0 aliphatic carbocycles. The van der Waals surface area contributed by atoms with Gasteiger partial charge in [0, 0.05) is 25.0 Å². The van der Waals surface area contributed by atoms with Crippen molar-refractivity contribution in [1.29, 1.82) is 0 Å². The lowest BCUT2D eigenvalue weighted by molar-refractivity contribution is -0.124. The van der Waals surface area contributed by atoms with Crippen LogP contribution >= 0.6 is 23.1 Å². The Bertz CT molecular complexity index is 871. The van der Waals surface area contributed by atoms with Crippen molar-refractivity contribution in [2.45, 2.75) is 19.0 Å². The molecule has 0 saturated carbocycles. The van der Waals surface area contributed by atoms with E-state index in [1.807, 2.05) is 13.8 Å². The molecule has 9 heteroatoms. The molecular weight excluding hydrogens is 336 g/mol. The van der Waals surface area contributed by atoms with Crippen LogP contribution in [0.5, 0.6) is 0 Å². The molecular formula is C14H16N4O3S2. The third kappa shape index (κ3) is 2.74. The second kappa shape index (κ2) is 5.97. The monoisotopic (exact) mass is 352 g/mol. The van der Waals surface area contributed by atoms with Crippen molar-refractivity contribution in [2.75, 3.05) is 18.8 Å². The SMILES string of the molecule is Cc1sc2nc(SCC(=O)N3CCNC3=O)n(C)c(=O)c2c1C. The van der Waals surface area contributed by atoms with Crippen LogP contribution in [0.25, 0.3) is 10.2 Å². The molecule has 7 nitrogen and oxygen atoms in total. The van der Waals surface area contributed by atoms with E-state index >= 15 is 0 Å². The Morgan fingerprint density at radius 1 is 1.39 bits per heavy atom. The highest BCUT2D eigenvalue weighted by Gasteiger charge is 2.26. The number of carbonyl (C=O) groups excluding carboxylic acids is 2. The molecule has 1 N–H and O–H groups in total. The first-order chi connectivity index (χ1) is 10.9. The Kier molecular flexibility index (Phi) is 4.15. The predicted molar refractivity (Wildman–Crippen MR) is 90.2 cm³/mol. The van der Waals surface area contributed by atoms with Gasteiger partial charge in [0.15, 0.2) is 5.16 Å². The number of imide groups is 1. The molecule has 3 rings (SSSR count). The minimum Gasteiger partial charge on any atom is -0.336 e. The lowest BCUT2D eigenvalue weighted by Crippen LogP contribution is -2.35. The number of urea groups is 1. The van der Waals surface area contributed by atoms with Crippen molar-refractivity contribution in [3.8, 4) is 0 Å². The summed E-state index contributed by atoms with van der Waals surface area (Å²) < 4.78 is 1.46. The molecule has 3 heterocycles. The number of thiophene rings is 1. The smallest absolute Gasteiger partial charge is 0.324 e. The zero-order valence-corrected chi connectivity index (χ0v) is 14.6. The van der Waals surface area contributed by atoms with Crippen molar-refractivity contribution in [3.63, 3.8) is 0 Å². The van der Waals surface area contributed by atoms with E-state index in [4.69, 9.17) is 0 Å². The van der Waals surface area contributed by atoms with Gasteiger partial charge in [-0.3, -0.25) is 19.1 Å². The number of amides is 3. The highest BCUT2D eigenvalue weighted by atomic mass is 32.2. The van der Waals surface area contributed by atoms with E-state index in [1.165, 1.54) is 32.6 Å². The van der Waals surface area contributed by atoms with E-state index in [-0.39, 0.29) is 23.3 Å². The first kappa shape index (κ1) is 16.0. The van der Waals surface area contributed by atoms with Crippen molar-refractivity contribution in [1.82, 2.24) is 19.8 Å². The number of hydrogen-bond donors (Lipinski definition) is 1. The molecule has 1 fully saturated rings. The molecule has 1 aliphatic rings. The molecule has 0 spiro atoms. The Morgan fingerprint density at radius 2 is 2.13 bits per heavy atom. The first-order valence-corrected chi connectivity index (χ1v) is 8.88. The number of thioether (sulfide) groups is 1. The number of aryl methyl sites for hydroxylation is 2. The minimum absolute atomic E-state index is 0.0720. The molecule has 1 saturated heterocycles. The molecule has 2 aromatic heterocycles. The Balaban J connectivity index is 1.86. The largest absolute Gasteiger partial charge is 0.336 e. The highest BCUT2D eigenvalue weighted by Crippen LogP contribution is 2.28. The minimum atomic E-state index is -0.364. The maximum atomic E-state index is 12.5. The van der Waals surface area contributed by atoms with Crippen molar-refractivity contribution in [3.05, 3.63) is 20.8 Å². The van der Waals surface area contributed by atoms with Gasteiger partial charge in [-0.25, -0.2) is 9.78 Å². The van der Waals surface area contributed by atoms with Gasteiger partial charge in [-0.2, -0.15) is 0 Å². The van der Waals surface area contributed by atoms with Crippen LogP contribution in [0.4, 0.5) is 4.79 Å². The van der Waals surface area contributed by atoms with Gasteiger partial charge in [-0.05, 0) is 19.4 Å². The van der Waals surface area contributed by atoms with Crippen LogP contribution in [0.3, 0.4) is 0 Å². The summed E-state index contributed by atoms with van der Waals surface area (Å²) in [7, 11) is 1.65. The van der Waals surface area contributed by atoms with Gasteiger partial charge in [0.2, 0.25) is 5.91 Å². The van der Waals surface area contributed by atoms with Crippen LogP contribution in [0.2, 0.25) is 0 Å². The van der Waals surface area contributed by atoms with Gasteiger partial charge in [0.1, 0.15) is 4.83 Å². The van der Waals surface area contributed by atoms with E-state index in [0.29, 0.717) is 28.5 Å². The summed E-state index contributed by atoms with van der Waals surface area (Å²) in [5.74, 6) is -0.208. The van der Waals surface area contributed by atoms with E-state index in [1.54, 1.807) is 7.05 Å². The summed E-state index contributed by atoms with van der Waals surface area (Å²) >= 11 is 2.65. The first-order valence-electron chi connectivity index (χ1n) is 7.08. The molecule has 122 valence electrons. The quantitative estimate of drug-likeness (QED) is 0.664. The summed E-state index contributed by atoms with van der Waals surface area (Å²) in [6.45, 7) is 4.74. The van der Waals surface area contributed by atoms with Gasteiger partial charge in [0.05, 0.1) is 11.1 Å². The Morgan fingerprint density at radius 3 is 2.78 bits per heavy atom. The van der Waals surface area contributed by atoms with Crippen LogP contribution in [0.1, 0.15) is 10.4 Å². The van der Waals surface area contributed by atoms with E-state index in [9.17, 15) is 14.4 Å². The highest BCUT2D eigenvalue weighted by molar-refractivity contribution is 7.99. The van der Waals surface area contributed by atoms with Crippen LogP contribution < -0.4 is 10.9 Å². The third-order valence-corrected chi connectivity index (χ3v) is 5.97. The average Bonchev–Trinajstić information content (AvgIpc) is 3.05. The summed E-state index contributed by atoms with van der Waals surface area (Å²) in [6, 6.07) is -0.364. The van der Waals surface area contributed by atoms with E-state index in [2.05, 4.69) is 10.3 Å². The Hall–Kier alpha value is -1.87. The molecule has 0 atom stereocenters. The van der Waals surface area contributed by atoms with Gasteiger partial charge >= 0.3 is 6.03 Å². The van der Waals surface area contributed by atoms with Gasteiger partial charge in [-0.15, -0.1) is 11.3 Å². The summed E-state index contributed by atoms with van der Waals surface area (Å²) in [6.07, 6.45) is 0. The summed E-state index contributed by atoms with van der Waals surface area (Å²) in [5, 5.41) is 3.72. The molecule has 23 heavy (non-hydrogen) atoms. The molecule has 3 amide bonds. The number of nitrogens with one attached hydrogen (secondary N) is 1. The zero-order valence-electron chi connectivity index (χ0n) is 13.0. The zero-order chi connectivity index (χ0) is 16.7. The number of carbonyl (C=O) groups is 2. The van der Waals surface area contributed by atoms with Crippen LogP contribution in [0.15, 0.2) is 9.95 Å².